The molecule has 2 N–H and O–H groups in total. The van der Waals surface area contributed by atoms with Crippen molar-refractivity contribution >= 4 is 11.6 Å². The molecule has 0 spiro atoms. The molecule has 0 bridgehead atoms. The molecule has 0 aliphatic carbocycles. The van der Waals surface area contributed by atoms with Gasteiger partial charge >= 0.3 is 0 Å². The van der Waals surface area contributed by atoms with Crippen LogP contribution in [0.3, 0.4) is 0 Å². The zero-order valence-electron chi connectivity index (χ0n) is 11.7. The fourth-order valence-electron chi connectivity index (χ4n) is 2.41. The van der Waals surface area contributed by atoms with Gasteiger partial charge in [-0.05, 0) is 43.9 Å². The molecule has 1 aromatic rings. The highest BCUT2D eigenvalue weighted by atomic mass is 19.1. The molecule has 1 atom stereocenters. The van der Waals surface area contributed by atoms with Gasteiger partial charge in [-0.25, -0.2) is 4.39 Å². The molecular weight excluding hydrogens is 259 g/mol. The average molecular weight is 280 g/mol. The van der Waals surface area contributed by atoms with Gasteiger partial charge in [-0.3, -0.25) is 4.79 Å². The number of halogens is 1. The van der Waals surface area contributed by atoms with Crippen molar-refractivity contribution in [3.8, 4) is 0 Å². The average Bonchev–Trinajstić information content (AvgIpc) is 2.46. The molecule has 1 amide bonds. The Hall–Kier alpha value is -1.46. The lowest BCUT2D eigenvalue weighted by Gasteiger charge is -2.28. The maximum absolute atomic E-state index is 13.0. The van der Waals surface area contributed by atoms with Gasteiger partial charge in [0.05, 0.1) is 6.54 Å². The highest BCUT2D eigenvalue weighted by Gasteiger charge is 2.20. The summed E-state index contributed by atoms with van der Waals surface area (Å²) in [6.07, 6.45) is 2.05. The van der Waals surface area contributed by atoms with E-state index < -0.39 is 0 Å². The molecule has 4 nitrogen and oxygen atoms in total. The molecule has 0 saturated carbocycles. The van der Waals surface area contributed by atoms with Crippen LogP contribution in [0.1, 0.15) is 19.8 Å². The van der Waals surface area contributed by atoms with E-state index in [9.17, 15) is 9.18 Å². The Kier molecular flexibility index (Phi) is 5.49. The second-order valence-corrected chi connectivity index (χ2v) is 5.18. The van der Waals surface area contributed by atoms with Gasteiger partial charge < -0.3 is 15.4 Å². The number of hydrogen-bond donors (Lipinski definition) is 2. The number of carbonyl (C=O) groups is 1. The molecule has 20 heavy (non-hydrogen) atoms. The number of rotatable bonds is 5. The van der Waals surface area contributed by atoms with Crippen molar-refractivity contribution in [1.29, 1.82) is 0 Å². The van der Waals surface area contributed by atoms with Crippen LogP contribution >= 0.6 is 0 Å². The summed E-state index contributed by atoms with van der Waals surface area (Å²) < 4.78 is 18.3. The summed E-state index contributed by atoms with van der Waals surface area (Å²) in [5.74, 6) is 0.0339. The lowest BCUT2D eigenvalue weighted by Crippen LogP contribution is -2.40. The first-order valence-electron chi connectivity index (χ1n) is 7.01. The summed E-state index contributed by atoms with van der Waals surface area (Å²) >= 11 is 0. The number of amides is 1. The topological polar surface area (TPSA) is 50.4 Å². The van der Waals surface area contributed by atoms with E-state index in [4.69, 9.17) is 4.74 Å². The van der Waals surface area contributed by atoms with E-state index in [2.05, 4.69) is 17.6 Å². The molecule has 1 aliphatic rings. The second kappa shape index (κ2) is 7.36. The highest BCUT2D eigenvalue weighted by Crippen LogP contribution is 2.18. The number of anilines is 1. The van der Waals surface area contributed by atoms with Crippen LogP contribution in [0.4, 0.5) is 10.1 Å². The smallest absolute Gasteiger partial charge is 0.238 e. The summed E-state index contributed by atoms with van der Waals surface area (Å²) in [6, 6.07) is 6.17. The van der Waals surface area contributed by atoms with Crippen molar-refractivity contribution in [3.63, 3.8) is 0 Å². The Balaban J connectivity index is 1.74. The number of nitrogens with one attached hydrogen (secondary N) is 2. The van der Waals surface area contributed by atoms with Crippen molar-refractivity contribution in [3.05, 3.63) is 30.1 Å². The van der Waals surface area contributed by atoms with Crippen molar-refractivity contribution in [1.82, 2.24) is 5.32 Å². The van der Waals surface area contributed by atoms with E-state index >= 15 is 0 Å². The monoisotopic (exact) mass is 280 g/mol. The summed E-state index contributed by atoms with van der Waals surface area (Å²) in [5, 5.41) is 5.90. The third kappa shape index (κ3) is 4.58. The third-order valence-electron chi connectivity index (χ3n) is 3.67. The van der Waals surface area contributed by atoms with Crippen LogP contribution in [0.5, 0.6) is 0 Å². The Morgan fingerprint density at radius 2 is 2.20 bits per heavy atom. The van der Waals surface area contributed by atoms with E-state index in [0.29, 0.717) is 11.6 Å². The minimum Gasteiger partial charge on any atom is -0.381 e. The van der Waals surface area contributed by atoms with Crippen LogP contribution in [0, 0.1) is 11.7 Å². The lowest BCUT2D eigenvalue weighted by molar-refractivity contribution is -0.115. The standard InChI is InChI=1S/C15H21FN2O2/c1-11(12-5-7-20-8-6-12)17-10-15(19)18-14-4-2-3-13(16)9-14/h2-4,9,11-12,17H,5-8,10H2,1H3,(H,18,19)/t11-/m1/s1. The Morgan fingerprint density at radius 3 is 2.90 bits per heavy atom. The summed E-state index contributed by atoms with van der Waals surface area (Å²) in [6.45, 7) is 3.92. The van der Waals surface area contributed by atoms with E-state index in [1.807, 2.05) is 0 Å². The molecule has 1 heterocycles. The molecule has 0 unspecified atom stereocenters. The molecule has 110 valence electrons. The Morgan fingerprint density at radius 1 is 1.45 bits per heavy atom. The number of carbonyl (C=O) groups excluding carboxylic acids is 1. The van der Waals surface area contributed by atoms with Gasteiger partial charge in [-0.1, -0.05) is 6.07 Å². The summed E-state index contributed by atoms with van der Waals surface area (Å²) in [7, 11) is 0. The fraction of sp³-hybridized carbons (Fsp3) is 0.533. The maximum Gasteiger partial charge on any atom is 0.238 e. The predicted octanol–water partition coefficient (Wildman–Crippen LogP) is 2.17. The van der Waals surface area contributed by atoms with Crippen molar-refractivity contribution in [2.45, 2.75) is 25.8 Å². The van der Waals surface area contributed by atoms with Crippen molar-refractivity contribution < 1.29 is 13.9 Å². The molecule has 1 fully saturated rings. The van der Waals surface area contributed by atoms with Crippen molar-refractivity contribution in [2.75, 3.05) is 25.1 Å². The van der Waals surface area contributed by atoms with Gasteiger partial charge in [-0.15, -0.1) is 0 Å². The molecule has 2 rings (SSSR count). The van der Waals surface area contributed by atoms with E-state index in [-0.39, 0.29) is 24.3 Å². The normalized spacial score (nSPS) is 17.7. The van der Waals surface area contributed by atoms with Gasteiger partial charge in [0.15, 0.2) is 0 Å². The number of hydrogen-bond acceptors (Lipinski definition) is 3. The van der Waals surface area contributed by atoms with Crippen LogP contribution in [0.25, 0.3) is 0 Å². The van der Waals surface area contributed by atoms with Crippen molar-refractivity contribution in [2.24, 2.45) is 5.92 Å². The van der Waals surface area contributed by atoms with Crippen LogP contribution in [0.15, 0.2) is 24.3 Å². The van der Waals surface area contributed by atoms with Crippen LogP contribution in [-0.2, 0) is 9.53 Å². The first kappa shape index (κ1) is 14.9. The number of ether oxygens (including phenoxy) is 1. The molecule has 1 saturated heterocycles. The zero-order valence-corrected chi connectivity index (χ0v) is 11.7. The van der Waals surface area contributed by atoms with Gasteiger partial charge in [0, 0.05) is 24.9 Å². The largest absolute Gasteiger partial charge is 0.381 e. The highest BCUT2D eigenvalue weighted by molar-refractivity contribution is 5.92. The third-order valence-corrected chi connectivity index (χ3v) is 3.67. The quantitative estimate of drug-likeness (QED) is 0.869. The summed E-state index contributed by atoms with van der Waals surface area (Å²) in [5.41, 5.74) is 0.482. The van der Waals surface area contributed by atoms with Gasteiger partial charge in [0.25, 0.3) is 0 Å². The van der Waals surface area contributed by atoms with Crippen LogP contribution in [0.2, 0.25) is 0 Å². The SMILES string of the molecule is C[C@@H](NCC(=O)Nc1cccc(F)c1)C1CCOCC1. The number of benzene rings is 1. The van der Waals surface area contributed by atoms with Gasteiger partial charge in [0.1, 0.15) is 5.82 Å². The maximum atomic E-state index is 13.0. The molecule has 1 aromatic carbocycles. The van der Waals surface area contributed by atoms with Gasteiger partial charge in [0.2, 0.25) is 5.91 Å². The molecule has 1 aliphatic heterocycles. The minimum absolute atomic E-state index is 0.158. The Bertz CT molecular complexity index is 447. The fourth-order valence-corrected chi connectivity index (χ4v) is 2.41. The summed E-state index contributed by atoms with van der Waals surface area (Å²) in [4.78, 5) is 11.8. The molecule has 5 heteroatoms. The van der Waals surface area contributed by atoms with Gasteiger partial charge in [-0.2, -0.15) is 0 Å². The second-order valence-electron chi connectivity index (χ2n) is 5.18. The Labute approximate surface area is 118 Å². The predicted molar refractivity (Wildman–Crippen MR) is 76.0 cm³/mol. The molecule has 0 radical (unpaired) electrons. The first-order valence-corrected chi connectivity index (χ1v) is 7.01. The lowest BCUT2D eigenvalue weighted by atomic mass is 9.93. The zero-order chi connectivity index (χ0) is 14.4. The van der Waals surface area contributed by atoms with E-state index in [1.54, 1.807) is 12.1 Å². The van der Waals surface area contributed by atoms with E-state index in [0.717, 1.165) is 26.1 Å². The van der Waals surface area contributed by atoms with E-state index in [1.165, 1.54) is 12.1 Å². The molecule has 0 aromatic heterocycles. The first-order chi connectivity index (χ1) is 9.65. The molecular formula is C15H21FN2O2. The minimum atomic E-state index is -0.355. The van der Waals surface area contributed by atoms with Crippen LogP contribution < -0.4 is 10.6 Å². The van der Waals surface area contributed by atoms with Crippen LogP contribution in [-0.4, -0.2) is 31.7 Å².